The van der Waals surface area contributed by atoms with Gasteiger partial charge < -0.3 is 0 Å². The molecule has 0 bridgehead atoms. The lowest BCUT2D eigenvalue weighted by molar-refractivity contribution is 0.471. The van der Waals surface area contributed by atoms with Crippen molar-refractivity contribution >= 4 is 10.1 Å². The summed E-state index contributed by atoms with van der Waals surface area (Å²) in [5, 5.41) is -0.778. The lowest BCUT2D eigenvalue weighted by atomic mass is 10.3. The highest BCUT2D eigenvalue weighted by atomic mass is 32.2. The van der Waals surface area contributed by atoms with E-state index in [0.29, 0.717) is 0 Å². The highest BCUT2D eigenvalue weighted by Crippen LogP contribution is 2.00. The Kier molecular flexibility index (Phi) is 3.40. The Morgan fingerprint density at radius 2 is 2.10 bits per heavy atom. The van der Waals surface area contributed by atoms with Gasteiger partial charge in [-0.15, -0.1) is 11.8 Å². The molecule has 0 aliphatic carbocycles. The maximum atomic E-state index is 10.3. The van der Waals surface area contributed by atoms with Crippen molar-refractivity contribution in [3.8, 4) is 11.8 Å². The summed E-state index contributed by atoms with van der Waals surface area (Å²) in [5.41, 5.74) is 0. The van der Waals surface area contributed by atoms with Gasteiger partial charge in [-0.25, -0.2) is 0 Å². The second-order valence-corrected chi connectivity index (χ2v) is 3.79. The van der Waals surface area contributed by atoms with E-state index in [1.807, 2.05) is 0 Å². The minimum absolute atomic E-state index is 0.190. The molecule has 0 rings (SSSR count). The molecule has 0 saturated carbocycles. The van der Waals surface area contributed by atoms with E-state index in [2.05, 4.69) is 11.8 Å². The van der Waals surface area contributed by atoms with E-state index in [1.165, 1.54) is 6.92 Å². The van der Waals surface area contributed by atoms with Crippen molar-refractivity contribution in [1.29, 1.82) is 0 Å². The first-order chi connectivity index (χ1) is 4.48. The van der Waals surface area contributed by atoms with Crippen molar-refractivity contribution in [3.63, 3.8) is 0 Å². The average molecular weight is 162 g/mol. The molecule has 0 aromatic carbocycles. The van der Waals surface area contributed by atoms with Crippen LogP contribution in [0.1, 0.15) is 20.3 Å². The highest BCUT2D eigenvalue weighted by molar-refractivity contribution is 7.86. The van der Waals surface area contributed by atoms with Gasteiger partial charge in [0.1, 0.15) is 0 Å². The Morgan fingerprint density at radius 1 is 1.60 bits per heavy atom. The van der Waals surface area contributed by atoms with E-state index in [1.54, 1.807) is 6.92 Å². The molecule has 0 aromatic heterocycles. The summed E-state index contributed by atoms with van der Waals surface area (Å²) in [7, 11) is -3.88. The minimum atomic E-state index is -3.88. The standard InChI is InChI=1S/C6H10O3S/c1-3-4-5-6(2)10(7,8)9/h6H,5H2,1-2H3,(H,7,8,9). The van der Waals surface area contributed by atoms with Gasteiger partial charge >= 0.3 is 0 Å². The molecule has 1 atom stereocenters. The van der Waals surface area contributed by atoms with Crippen molar-refractivity contribution in [1.82, 2.24) is 0 Å². The lowest BCUT2D eigenvalue weighted by Crippen LogP contribution is -2.15. The molecule has 0 heterocycles. The predicted molar refractivity (Wildman–Crippen MR) is 39.1 cm³/mol. The SMILES string of the molecule is CC#CCC(C)S(=O)(=O)O. The first-order valence-corrected chi connectivity index (χ1v) is 4.34. The van der Waals surface area contributed by atoms with Crippen LogP contribution in [0.15, 0.2) is 0 Å². The minimum Gasteiger partial charge on any atom is -0.285 e. The lowest BCUT2D eigenvalue weighted by Gasteiger charge is -2.00. The second kappa shape index (κ2) is 3.59. The van der Waals surface area contributed by atoms with Crippen LogP contribution in [0, 0.1) is 11.8 Å². The van der Waals surface area contributed by atoms with Crippen LogP contribution in [0.3, 0.4) is 0 Å². The largest absolute Gasteiger partial charge is 0.285 e. The zero-order valence-corrected chi connectivity index (χ0v) is 6.77. The van der Waals surface area contributed by atoms with Crippen molar-refractivity contribution in [3.05, 3.63) is 0 Å². The van der Waals surface area contributed by atoms with Crippen molar-refractivity contribution in [2.45, 2.75) is 25.5 Å². The summed E-state index contributed by atoms with van der Waals surface area (Å²) in [6.45, 7) is 3.04. The summed E-state index contributed by atoms with van der Waals surface area (Å²) < 4.78 is 29.1. The summed E-state index contributed by atoms with van der Waals surface area (Å²) in [6, 6.07) is 0. The summed E-state index contributed by atoms with van der Waals surface area (Å²) >= 11 is 0. The van der Waals surface area contributed by atoms with Gasteiger partial charge in [-0.05, 0) is 13.8 Å². The molecule has 0 amide bonds. The van der Waals surface area contributed by atoms with E-state index >= 15 is 0 Å². The first-order valence-electron chi connectivity index (χ1n) is 2.84. The van der Waals surface area contributed by atoms with Gasteiger partial charge in [0.25, 0.3) is 10.1 Å². The van der Waals surface area contributed by atoms with Gasteiger partial charge in [-0.3, -0.25) is 4.55 Å². The Hall–Kier alpha value is -0.530. The van der Waals surface area contributed by atoms with Crippen molar-refractivity contribution in [2.75, 3.05) is 0 Å². The van der Waals surface area contributed by atoms with E-state index in [4.69, 9.17) is 4.55 Å². The summed E-state index contributed by atoms with van der Waals surface area (Å²) in [4.78, 5) is 0. The molecular weight excluding hydrogens is 152 g/mol. The van der Waals surface area contributed by atoms with Gasteiger partial charge in [0.05, 0.1) is 5.25 Å². The molecule has 3 nitrogen and oxygen atoms in total. The maximum Gasteiger partial charge on any atom is 0.268 e. The van der Waals surface area contributed by atoms with Crippen LogP contribution in [0.5, 0.6) is 0 Å². The van der Waals surface area contributed by atoms with E-state index in [9.17, 15) is 8.42 Å². The number of rotatable bonds is 2. The molecule has 0 saturated heterocycles. The fourth-order valence-corrected chi connectivity index (χ4v) is 0.645. The fourth-order valence-electron chi connectivity index (χ4n) is 0.351. The zero-order valence-electron chi connectivity index (χ0n) is 5.96. The first kappa shape index (κ1) is 9.47. The van der Waals surface area contributed by atoms with E-state index in [-0.39, 0.29) is 6.42 Å². The van der Waals surface area contributed by atoms with Gasteiger partial charge in [0.2, 0.25) is 0 Å². The normalized spacial score (nSPS) is 13.5. The maximum absolute atomic E-state index is 10.3. The molecule has 0 aliphatic rings. The smallest absolute Gasteiger partial charge is 0.268 e. The molecule has 4 heteroatoms. The third-order valence-electron chi connectivity index (χ3n) is 1.07. The molecule has 0 radical (unpaired) electrons. The van der Waals surface area contributed by atoms with E-state index in [0.717, 1.165) is 0 Å². The molecule has 0 fully saturated rings. The Labute approximate surface area is 61.2 Å². The Bertz CT molecular complexity index is 242. The third kappa shape index (κ3) is 3.49. The Morgan fingerprint density at radius 3 is 2.40 bits per heavy atom. The molecule has 58 valence electrons. The van der Waals surface area contributed by atoms with Crippen LogP contribution in [0.25, 0.3) is 0 Å². The van der Waals surface area contributed by atoms with Crippen LogP contribution in [-0.2, 0) is 10.1 Å². The molecule has 1 unspecified atom stereocenters. The average Bonchev–Trinajstić information content (AvgIpc) is 1.80. The third-order valence-corrected chi connectivity index (χ3v) is 2.26. The predicted octanol–water partition coefficient (Wildman–Crippen LogP) is 0.676. The molecule has 0 aliphatic heterocycles. The van der Waals surface area contributed by atoms with Gasteiger partial charge in [-0.1, -0.05) is 0 Å². The zero-order chi connectivity index (χ0) is 8.20. The van der Waals surface area contributed by atoms with E-state index < -0.39 is 15.4 Å². The molecule has 10 heavy (non-hydrogen) atoms. The Balaban J connectivity index is 4.08. The molecule has 0 aromatic rings. The van der Waals surface area contributed by atoms with Crippen LogP contribution in [0.4, 0.5) is 0 Å². The molecule has 1 N–H and O–H groups in total. The van der Waals surface area contributed by atoms with Crippen LogP contribution < -0.4 is 0 Å². The second-order valence-electron chi connectivity index (χ2n) is 1.96. The summed E-state index contributed by atoms with van der Waals surface area (Å²) in [6.07, 6.45) is 0.190. The highest BCUT2D eigenvalue weighted by Gasteiger charge is 2.14. The van der Waals surface area contributed by atoms with Crippen LogP contribution in [0.2, 0.25) is 0 Å². The van der Waals surface area contributed by atoms with Crippen molar-refractivity contribution in [2.24, 2.45) is 0 Å². The van der Waals surface area contributed by atoms with Crippen LogP contribution in [-0.4, -0.2) is 18.2 Å². The van der Waals surface area contributed by atoms with Gasteiger partial charge in [0, 0.05) is 6.42 Å². The molecular formula is C6H10O3S. The number of hydrogen-bond donors (Lipinski definition) is 1. The number of hydrogen-bond acceptors (Lipinski definition) is 2. The summed E-state index contributed by atoms with van der Waals surface area (Å²) in [5.74, 6) is 5.11. The van der Waals surface area contributed by atoms with Gasteiger partial charge in [0.15, 0.2) is 0 Å². The van der Waals surface area contributed by atoms with Crippen molar-refractivity contribution < 1.29 is 13.0 Å². The van der Waals surface area contributed by atoms with Gasteiger partial charge in [-0.2, -0.15) is 8.42 Å². The topological polar surface area (TPSA) is 54.4 Å². The monoisotopic (exact) mass is 162 g/mol. The molecule has 0 spiro atoms. The van der Waals surface area contributed by atoms with Crippen LogP contribution >= 0.6 is 0 Å². The quantitative estimate of drug-likeness (QED) is 0.479. The fraction of sp³-hybridized carbons (Fsp3) is 0.667.